The Morgan fingerprint density at radius 3 is 2.50 bits per heavy atom. The monoisotopic (exact) mass is 282 g/mol. The van der Waals surface area contributed by atoms with Crippen LogP contribution < -0.4 is 5.32 Å². The number of hydrogen-bond donors (Lipinski definition) is 1. The Hall–Kier alpha value is -1.43. The topological polar surface area (TPSA) is 73.0 Å². The van der Waals surface area contributed by atoms with Crippen LogP contribution in [0.2, 0.25) is 0 Å². The summed E-state index contributed by atoms with van der Waals surface area (Å²) in [5.74, 6) is 0.0631. The average Bonchev–Trinajstić information content (AvgIpc) is 2.72. The fourth-order valence-corrected chi connectivity index (χ4v) is 2.78. The molecule has 1 aromatic rings. The molecule has 6 nitrogen and oxygen atoms in total. The fourth-order valence-electron chi connectivity index (χ4n) is 2.78. The first-order valence-corrected chi connectivity index (χ1v) is 7.42. The smallest absolute Gasteiger partial charge is 0.313 e. The lowest BCUT2D eigenvalue weighted by Gasteiger charge is -2.23. The van der Waals surface area contributed by atoms with Gasteiger partial charge in [-0.25, -0.2) is 0 Å². The molecule has 6 heteroatoms. The van der Waals surface area contributed by atoms with Crippen LogP contribution in [0.5, 0.6) is 0 Å². The Kier molecular flexibility index (Phi) is 6.13. The van der Waals surface area contributed by atoms with Gasteiger partial charge in [-0.15, -0.1) is 0 Å². The van der Waals surface area contributed by atoms with Gasteiger partial charge in [0.15, 0.2) is 0 Å². The Labute approximate surface area is 120 Å². The number of aryl methyl sites for hydroxylation is 2. The lowest BCUT2D eigenvalue weighted by molar-refractivity contribution is -0.386. The van der Waals surface area contributed by atoms with E-state index in [1.807, 2.05) is 11.6 Å². The van der Waals surface area contributed by atoms with E-state index in [-0.39, 0.29) is 22.6 Å². The second-order valence-electron chi connectivity index (χ2n) is 5.16. The van der Waals surface area contributed by atoms with Crippen molar-refractivity contribution in [2.45, 2.75) is 66.0 Å². The van der Waals surface area contributed by atoms with Crippen molar-refractivity contribution in [3.05, 3.63) is 21.5 Å². The van der Waals surface area contributed by atoms with Crippen molar-refractivity contribution in [1.29, 1.82) is 0 Å². The molecule has 0 aliphatic heterocycles. The third-order valence-electron chi connectivity index (χ3n) is 3.69. The largest absolute Gasteiger partial charge is 0.314 e. The molecular weight excluding hydrogens is 256 g/mol. The molecule has 0 amide bonds. The van der Waals surface area contributed by atoms with Crippen LogP contribution in [0, 0.1) is 17.0 Å². The highest BCUT2D eigenvalue weighted by Gasteiger charge is 2.31. The quantitative estimate of drug-likeness (QED) is 0.587. The van der Waals surface area contributed by atoms with Crippen molar-refractivity contribution < 1.29 is 4.92 Å². The molecule has 1 aromatic heterocycles. The summed E-state index contributed by atoms with van der Waals surface area (Å²) in [6.45, 7) is 11.6. The summed E-state index contributed by atoms with van der Waals surface area (Å²) < 4.78 is 1.82. The Morgan fingerprint density at radius 2 is 2.05 bits per heavy atom. The number of rotatable bonds is 8. The maximum absolute atomic E-state index is 11.4. The van der Waals surface area contributed by atoms with Crippen LogP contribution in [-0.2, 0) is 6.54 Å². The summed E-state index contributed by atoms with van der Waals surface area (Å²) in [7, 11) is 0. The molecule has 2 unspecified atom stereocenters. The summed E-state index contributed by atoms with van der Waals surface area (Å²) in [4.78, 5) is 11.1. The summed E-state index contributed by atoms with van der Waals surface area (Å²) >= 11 is 0. The number of likely N-dealkylation sites (N-methyl/N-ethyl adjacent to an activating group) is 1. The van der Waals surface area contributed by atoms with Gasteiger partial charge < -0.3 is 5.32 Å². The predicted molar refractivity (Wildman–Crippen MR) is 80.1 cm³/mol. The second-order valence-corrected chi connectivity index (χ2v) is 5.16. The zero-order chi connectivity index (χ0) is 15.3. The lowest BCUT2D eigenvalue weighted by atomic mass is 9.94. The molecule has 0 spiro atoms. The molecule has 0 aromatic carbocycles. The summed E-state index contributed by atoms with van der Waals surface area (Å²) in [5.41, 5.74) is 1.45. The van der Waals surface area contributed by atoms with Crippen molar-refractivity contribution in [3.8, 4) is 0 Å². The van der Waals surface area contributed by atoms with Crippen molar-refractivity contribution in [3.63, 3.8) is 0 Å². The molecule has 1 N–H and O–H groups in total. The van der Waals surface area contributed by atoms with Gasteiger partial charge in [-0.3, -0.25) is 14.8 Å². The third kappa shape index (κ3) is 3.36. The highest BCUT2D eigenvalue weighted by molar-refractivity contribution is 5.43. The molecule has 0 saturated heterocycles. The molecule has 0 aliphatic carbocycles. The predicted octanol–water partition coefficient (Wildman–Crippen LogP) is 3.00. The van der Waals surface area contributed by atoms with Crippen LogP contribution in [0.25, 0.3) is 0 Å². The highest BCUT2D eigenvalue weighted by Crippen LogP contribution is 2.32. The number of nitrogens with zero attached hydrogens (tertiary/aromatic N) is 3. The third-order valence-corrected chi connectivity index (χ3v) is 3.69. The highest BCUT2D eigenvalue weighted by atomic mass is 16.6. The van der Waals surface area contributed by atoms with Gasteiger partial charge in [-0.2, -0.15) is 5.10 Å². The molecule has 1 rings (SSSR count). The standard InChI is InChI=1S/C14H26N4O2/c1-6-9-17-13(10(4)12(7-2)15-8-3)14(18(19)20)11(5)16-17/h10,12,15H,6-9H2,1-5H3. The molecule has 0 bridgehead atoms. The van der Waals surface area contributed by atoms with Gasteiger partial charge in [-0.05, 0) is 26.3 Å². The van der Waals surface area contributed by atoms with Gasteiger partial charge in [0.2, 0.25) is 0 Å². The van der Waals surface area contributed by atoms with E-state index in [2.05, 4.69) is 31.2 Å². The summed E-state index contributed by atoms with van der Waals surface area (Å²) in [6, 6.07) is 0.227. The number of aromatic nitrogens is 2. The van der Waals surface area contributed by atoms with Crippen LogP contribution in [0.4, 0.5) is 5.69 Å². The normalized spacial score (nSPS) is 14.2. The van der Waals surface area contributed by atoms with Crippen LogP contribution in [0.15, 0.2) is 0 Å². The van der Waals surface area contributed by atoms with E-state index in [1.54, 1.807) is 6.92 Å². The van der Waals surface area contributed by atoms with E-state index in [0.717, 1.165) is 31.6 Å². The maximum atomic E-state index is 11.4. The molecule has 2 atom stereocenters. The first-order chi connectivity index (χ1) is 9.47. The second kappa shape index (κ2) is 7.38. The van der Waals surface area contributed by atoms with Crippen molar-refractivity contribution in [1.82, 2.24) is 15.1 Å². The van der Waals surface area contributed by atoms with Gasteiger partial charge in [0.05, 0.1) is 4.92 Å². The van der Waals surface area contributed by atoms with Gasteiger partial charge >= 0.3 is 5.69 Å². The molecule has 0 radical (unpaired) electrons. The zero-order valence-electron chi connectivity index (χ0n) is 13.1. The Balaban J connectivity index is 3.27. The molecule has 0 fully saturated rings. The summed E-state index contributed by atoms with van der Waals surface area (Å²) in [5, 5.41) is 19.1. The van der Waals surface area contributed by atoms with Gasteiger partial charge in [0.25, 0.3) is 0 Å². The minimum atomic E-state index is -0.293. The van der Waals surface area contributed by atoms with Crippen LogP contribution >= 0.6 is 0 Å². The minimum Gasteiger partial charge on any atom is -0.314 e. The zero-order valence-corrected chi connectivity index (χ0v) is 13.1. The average molecular weight is 282 g/mol. The van der Waals surface area contributed by atoms with Gasteiger partial charge in [0.1, 0.15) is 11.4 Å². The molecule has 0 saturated carbocycles. The van der Waals surface area contributed by atoms with E-state index >= 15 is 0 Å². The van der Waals surface area contributed by atoms with E-state index in [4.69, 9.17) is 0 Å². The van der Waals surface area contributed by atoms with E-state index in [9.17, 15) is 10.1 Å². The van der Waals surface area contributed by atoms with E-state index in [1.165, 1.54) is 0 Å². The minimum absolute atomic E-state index is 0.0631. The van der Waals surface area contributed by atoms with Crippen LogP contribution in [-0.4, -0.2) is 27.3 Å². The Bertz CT molecular complexity index is 456. The SMILES string of the molecule is CCCn1nc(C)c([N+](=O)[O-])c1C(C)C(CC)NCC. The first-order valence-electron chi connectivity index (χ1n) is 7.42. The van der Waals surface area contributed by atoms with Gasteiger partial charge in [0, 0.05) is 18.5 Å². The molecule has 114 valence electrons. The number of hydrogen-bond acceptors (Lipinski definition) is 4. The number of nitro groups is 1. The molecule has 1 heterocycles. The molecular formula is C14H26N4O2. The summed E-state index contributed by atoms with van der Waals surface area (Å²) in [6.07, 6.45) is 1.85. The van der Waals surface area contributed by atoms with Gasteiger partial charge in [-0.1, -0.05) is 27.7 Å². The van der Waals surface area contributed by atoms with Crippen molar-refractivity contribution >= 4 is 5.69 Å². The maximum Gasteiger partial charge on any atom is 0.313 e. The molecule has 0 aliphatic rings. The lowest BCUT2D eigenvalue weighted by Crippen LogP contribution is -2.34. The van der Waals surface area contributed by atoms with Crippen molar-refractivity contribution in [2.75, 3.05) is 6.54 Å². The first kappa shape index (κ1) is 16.6. The Morgan fingerprint density at radius 1 is 1.40 bits per heavy atom. The van der Waals surface area contributed by atoms with Crippen molar-refractivity contribution in [2.24, 2.45) is 0 Å². The molecule has 20 heavy (non-hydrogen) atoms. The van der Waals surface area contributed by atoms with Crippen LogP contribution in [0.1, 0.15) is 57.8 Å². The van der Waals surface area contributed by atoms with E-state index < -0.39 is 0 Å². The number of nitrogens with one attached hydrogen (secondary N) is 1. The van der Waals surface area contributed by atoms with E-state index in [0.29, 0.717) is 5.69 Å². The van der Waals surface area contributed by atoms with Crippen LogP contribution in [0.3, 0.4) is 0 Å². The fraction of sp³-hybridized carbons (Fsp3) is 0.786.